The summed E-state index contributed by atoms with van der Waals surface area (Å²) in [6.07, 6.45) is 1.83. The molecule has 120 valence electrons. The van der Waals surface area contributed by atoms with Gasteiger partial charge in [-0.25, -0.2) is 4.98 Å². The Hall–Kier alpha value is -2.70. The second kappa shape index (κ2) is 6.43. The molecule has 0 aliphatic rings. The van der Waals surface area contributed by atoms with Crippen LogP contribution in [0.2, 0.25) is 0 Å². The molecule has 0 atom stereocenters. The molecule has 3 aromatic rings. The van der Waals surface area contributed by atoms with E-state index in [2.05, 4.69) is 29.5 Å². The van der Waals surface area contributed by atoms with E-state index in [1.54, 1.807) is 12.1 Å². The summed E-state index contributed by atoms with van der Waals surface area (Å²) < 4.78 is 1.44. The Balaban J connectivity index is 2.04. The first kappa shape index (κ1) is 16.2. The summed E-state index contributed by atoms with van der Waals surface area (Å²) in [5.74, 6) is 0.629. The predicted octanol–water partition coefficient (Wildman–Crippen LogP) is 3.19. The highest BCUT2D eigenvalue weighted by molar-refractivity contribution is 7.64. The molecular formula is C18H17N4OP. The van der Waals surface area contributed by atoms with Crippen LogP contribution in [0.1, 0.15) is 11.3 Å². The topological polar surface area (TPSA) is 74.7 Å². The molecule has 1 N–H and O–H groups in total. The second-order valence-corrected chi connectivity index (χ2v) is 7.96. The van der Waals surface area contributed by atoms with Crippen molar-refractivity contribution < 1.29 is 5.11 Å². The van der Waals surface area contributed by atoms with Gasteiger partial charge in [0.1, 0.15) is 0 Å². The minimum Gasteiger partial charge on any atom is -0.493 e. The molecule has 6 heteroatoms. The first-order chi connectivity index (χ1) is 11.5. The first-order valence-electron chi connectivity index (χ1n) is 7.44. The van der Waals surface area contributed by atoms with Crippen molar-refractivity contribution in [2.75, 3.05) is 13.3 Å². The maximum absolute atomic E-state index is 10.6. The lowest BCUT2D eigenvalue weighted by Crippen LogP contribution is -2.05. The van der Waals surface area contributed by atoms with Crippen molar-refractivity contribution in [3.05, 3.63) is 53.9 Å². The minimum atomic E-state index is -0.208. The average Bonchev–Trinajstić information content (AvgIpc) is 2.89. The first-order valence-corrected chi connectivity index (χ1v) is 9.67. The smallest absolute Gasteiger partial charge is 0.223 e. The number of aromatic nitrogens is 3. The normalized spacial score (nSPS) is 10.8. The molecule has 3 rings (SSSR count). The largest absolute Gasteiger partial charge is 0.493 e. The van der Waals surface area contributed by atoms with E-state index in [-0.39, 0.29) is 13.8 Å². The lowest BCUT2D eigenvalue weighted by Gasteiger charge is -2.07. The van der Waals surface area contributed by atoms with Crippen LogP contribution in [0.4, 0.5) is 0 Å². The van der Waals surface area contributed by atoms with E-state index in [1.807, 2.05) is 37.4 Å². The van der Waals surface area contributed by atoms with E-state index < -0.39 is 0 Å². The Kier molecular flexibility index (Phi) is 4.33. The molecular weight excluding hydrogens is 319 g/mol. The second-order valence-electron chi connectivity index (χ2n) is 5.65. The molecule has 0 fully saturated rings. The number of nitriles is 1. The Bertz CT molecular complexity index is 906. The van der Waals surface area contributed by atoms with Crippen molar-refractivity contribution in [1.82, 2.24) is 14.8 Å². The van der Waals surface area contributed by atoms with Gasteiger partial charge >= 0.3 is 0 Å². The van der Waals surface area contributed by atoms with Crippen LogP contribution in [0, 0.1) is 18.3 Å². The molecule has 0 saturated heterocycles. The van der Waals surface area contributed by atoms with E-state index >= 15 is 0 Å². The lowest BCUT2D eigenvalue weighted by molar-refractivity contribution is 0.433. The van der Waals surface area contributed by atoms with Gasteiger partial charge in [0.15, 0.2) is 5.82 Å². The molecule has 24 heavy (non-hydrogen) atoms. The Morgan fingerprint density at radius 3 is 2.38 bits per heavy atom. The molecule has 5 nitrogen and oxygen atoms in total. The number of benzene rings is 1. The maximum Gasteiger partial charge on any atom is 0.223 e. The van der Waals surface area contributed by atoms with Crippen LogP contribution in [0.25, 0.3) is 16.9 Å². The van der Waals surface area contributed by atoms with Crippen molar-refractivity contribution in [1.29, 1.82) is 5.26 Å². The van der Waals surface area contributed by atoms with Gasteiger partial charge in [-0.05, 0) is 55.4 Å². The van der Waals surface area contributed by atoms with Crippen LogP contribution in [-0.2, 0) is 0 Å². The van der Waals surface area contributed by atoms with Gasteiger partial charge in [-0.1, -0.05) is 20.1 Å². The molecule has 1 aromatic carbocycles. The summed E-state index contributed by atoms with van der Waals surface area (Å²) in [5.41, 5.74) is 2.75. The van der Waals surface area contributed by atoms with Gasteiger partial charge in [-0.2, -0.15) is 15.0 Å². The Morgan fingerprint density at radius 2 is 1.83 bits per heavy atom. The van der Waals surface area contributed by atoms with E-state index in [0.29, 0.717) is 22.6 Å². The monoisotopic (exact) mass is 336 g/mol. The highest BCUT2D eigenvalue weighted by Crippen LogP contribution is 2.34. The van der Waals surface area contributed by atoms with Crippen LogP contribution in [0.15, 0.2) is 42.6 Å². The van der Waals surface area contributed by atoms with E-state index in [9.17, 15) is 5.11 Å². The molecule has 0 amide bonds. The molecule has 2 heterocycles. The van der Waals surface area contributed by atoms with Crippen molar-refractivity contribution in [3.63, 3.8) is 0 Å². The van der Waals surface area contributed by atoms with E-state index in [4.69, 9.17) is 5.26 Å². The maximum atomic E-state index is 10.6. The zero-order chi connectivity index (χ0) is 17.3. The van der Waals surface area contributed by atoms with E-state index in [1.165, 1.54) is 9.99 Å². The van der Waals surface area contributed by atoms with Gasteiger partial charge in [0.05, 0.1) is 22.9 Å². The average molecular weight is 336 g/mol. The zero-order valence-electron chi connectivity index (χ0n) is 13.7. The van der Waals surface area contributed by atoms with Crippen LogP contribution >= 0.6 is 7.92 Å². The van der Waals surface area contributed by atoms with Crippen molar-refractivity contribution in [2.24, 2.45) is 0 Å². The van der Waals surface area contributed by atoms with Gasteiger partial charge in [-0.3, -0.25) is 0 Å². The number of aryl methyl sites for hydroxylation is 1. The number of pyridine rings is 1. The third kappa shape index (κ3) is 2.89. The fourth-order valence-corrected chi connectivity index (χ4v) is 3.15. The van der Waals surface area contributed by atoms with Crippen molar-refractivity contribution >= 4 is 13.2 Å². The van der Waals surface area contributed by atoms with Gasteiger partial charge in [0.2, 0.25) is 5.88 Å². The SMILES string of the molecule is Cc1nn(-c2ccc(P(C)C)cn2)c(O)c1-c1ccc(C#N)cc1. The van der Waals surface area contributed by atoms with E-state index in [0.717, 1.165) is 5.56 Å². The van der Waals surface area contributed by atoms with Gasteiger partial charge < -0.3 is 5.11 Å². The minimum absolute atomic E-state index is 0.0488. The number of hydrogen-bond donors (Lipinski definition) is 1. The summed E-state index contributed by atoms with van der Waals surface area (Å²) >= 11 is 0. The van der Waals surface area contributed by atoms with Gasteiger partial charge in [0.25, 0.3) is 0 Å². The summed E-state index contributed by atoms with van der Waals surface area (Å²) in [5, 5.41) is 25.1. The number of hydrogen-bond acceptors (Lipinski definition) is 4. The summed E-state index contributed by atoms with van der Waals surface area (Å²) in [4.78, 5) is 4.42. The van der Waals surface area contributed by atoms with Crippen LogP contribution in [0.3, 0.4) is 0 Å². The summed E-state index contributed by atoms with van der Waals surface area (Å²) in [6, 6.07) is 13.0. The molecule has 0 aliphatic heterocycles. The van der Waals surface area contributed by atoms with Crippen LogP contribution in [0.5, 0.6) is 5.88 Å². The number of aromatic hydroxyl groups is 1. The summed E-state index contributed by atoms with van der Waals surface area (Å²) in [7, 11) is -0.208. The fourth-order valence-electron chi connectivity index (χ4n) is 2.49. The molecule has 0 saturated carbocycles. The molecule has 0 spiro atoms. The van der Waals surface area contributed by atoms with Gasteiger partial charge in [-0.15, -0.1) is 0 Å². The molecule has 0 bridgehead atoms. The Morgan fingerprint density at radius 1 is 1.12 bits per heavy atom. The number of nitrogens with zero attached hydrogens (tertiary/aromatic N) is 4. The predicted molar refractivity (Wildman–Crippen MR) is 96.3 cm³/mol. The third-order valence-electron chi connectivity index (χ3n) is 3.80. The highest BCUT2D eigenvalue weighted by Gasteiger charge is 2.18. The zero-order valence-corrected chi connectivity index (χ0v) is 14.6. The quantitative estimate of drug-likeness (QED) is 0.746. The molecule has 2 aromatic heterocycles. The van der Waals surface area contributed by atoms with Crippen LogP contribution in [-0.4, -0.2) is 33.2 Å². The Labute approximate surface area is 142 Å². The molecule has 0 unspecified atom stereocenters. The van der Waals surface area contributed by atoms with Gasteiger partial charge in [0, 0.05) is 6.20 Å². The van der Waals surface area contributed by atoms with Crippen LogP contribution < -0.4 is 5.30 Å². The standard InChI is InChI=1S/C18H17N4OP/c1-12-17(14-6-4-13(10-19)5-7-14)18(23)22(21-12)16-9-8-15(11-20-16)24(2)3/h4-9,11,23H,1-3H3. The van der Waals surface area contributed by atoms with Crippen molar-refractivity contribution in [2.45, 2.75) is 6.92 Å². The highest BCUT2D eigenvalue weighted by atomic mass is 31.1. The van der Waals surface area contributed by atoms with Crippen molar-refractivity contribution in [3.8, 4) is 28.9 Å². The fraction of sp³-hybridized carbons (Fsp3) is 0.167. The number of rotatable bonds is 3. The summed E-state index contributed by atoms with van der Waals surface area (Å²) in [6.45, 7) is 6.19. The third-order valence-corrected chi connectivity index (χ3v) is 5.10. The molecule has 0 aliphatic carbocycles. The lowest BCUT2D eigenvalue weighted by atomic mass is 10.0. The molecule has 0 radical (unpaired) electrons.